The maximum Gasteiger partial charge on any atom is 0.288 e. The van der Waals surface area contributed by atoms with Gasteiger partial charge in [-0.2, -0.15) is 20.1 Å². The molecule has 2 heterocycles. The Labute approximate surface area is 247 Å². The van der Waals surface area contributed by atoms with Crippen molar-refractivity contribution in [3.8, 4) is 0 Å². The first-order chi connectivity index (χ1) is 19.9. The van der Waals surface area contributed by atoms with Crippen LogP contribution in [0.3, 0.4) is 0 Å². The average molecular weight is 592 g/mol. The summed E-state index contributed by atoms with van der Waals surface area (Å²) in [6.07, 6.45) is 4.40. The molecule has 4 aromatic rings. The van der Waals surface area contributed by atoms with Crippen molar-refractivity contribution in [2.75, 3.05) is 28.7 Å². The van der Waals surface area contributed by atoms with Crippen molar-refractivity contribution >= 4 is 58.6 Å². The van der Waals surface area contributed by atoms with Gasteiger partial charge < -0.3 is 10.2 Å². The van der Waals surface area contributed by atoms with Gasteiger partial charge in [-0.25, -0.2) is 5.43 Å². The Balaban J connectivity index is 1.35. The zero-order valence-electron chi connectivity index (χ0n) is 22.3. The fraction of sp³-hybridized carbons (Fsp3) is 0.241. The lowest BCUT2D eigenvalue weighted by atomic mass is 9.90. The third-order valence-corrected chi connectivity index (χ3v) is 7.58. The minimum atomic E-state index is -0.576. The number of hydrazone groups is 1. The lowest BCUT2D eigenvalue weighted by Crippen LogP contribution is -2.35. The monoisotopic (exact) mass is 590 g/mol. The minimum absolute atomic E-state index is 0.107. The highest BCUT2D eigenvalue weighted by molar-refractivity contribution is 6.40. The van der Waals surface area contributed by atoms with E-state index >= 15 is 0 Å². The normalized spacial score (nSPS) is 13.9. The van der Waals surface area contributed by atoms with Crippen LogP contribution in [0.5, 0.6) is 0 Å². The van der Waals surface area contributed by atoms with E-state index in [1.165, 1.54) is 23.9 Å². The summed E-state index contributed by atoms with van der Waals surface area (Å²) in [5.41, 5.74) is 6.08. The molecule has 2 N–H and O–H groups in total. The number of piperidine rings is 1. The van der Waals surface area contributed by atoms with Crippen molar-refractivity contribution in [1.29, 1.82) is 0 Å². The highest BCUT2D eigenvalue weighted by atomic mass is 35.5. The van der Waals surface area contributed by atoms with Crippen molar-refractivity contribution in [3.63, 3.8) is 0 Å². The number of hydrogen-bond donors (Lipinski definition) is 2. The maximum atomic E-state index is 11.3. The smallest absolute Gasteiger partial charge is 0.288 e. The van der Waals surface area contributed by atoms with Crippen LogP contribution in [0.1, 0.15) is 29.5 Å². The predicted molar refractivity (Wildman–Crippen MR) is 164 cm³/mol. The third-order valence-electron chi connectivity index (χ3n) is 6.86. The van der Waals surface area contributed by atoms with E-state index < -0.39 is 4.92 Å². The van der Waals surface area contributed by atoms with Gasteiger partial charge in [-0.1, -0.05) is 71.2 Å². The molecule has 1 aromatic heterocycles. The number of halogens is 2. The molecule has 10 nitrogen and oxygen atoms in total. The molecule has 0 radical (unpaired) electrons. The predicted octanol–water partition coefficient (Wildman–Crippen LogP) is 7.04. The molecule has 1 fully saturated rings. The van der Waals surface area contributed by atoms with Crippen molar-refractivity contribution in [1.82, 2.24) is 15.0 Å². The van der Waals surface area contributed by atoms with Crippen molar-refractivity contribution in [2.24, 2.45) is 11.0 Å². The maximum absolute atomic E-state index is 11.3. The molecule has 0 saturated carbocycles. The Hall–Kier alpha value is -4.28. The van der Waals surface area contributed by atoms with Gasteiger partial charge in [-0.3, -0.25) is 10.1 Å². The molecule has 1 aliphatic heterocycles. The van der Waals surface area contributed by atoms with E-state index in [0.717, 1.165) is 43.6 Å². The van der Waals surface area contributed by atoms with Crippen LogP contribution >= 0.6 is 23.2 Å². The van der Waals surface area contributed by atoms with Gasteiger partial charge in [0.2, 0.25) is 17.8 Å². The van der Waals surface area contributed by atoms with Gasteiger partial charge in [0.25, 0.3) is 5.69 Å². The summed E-state index contributed by atoms with van der Waals surface area (Å²) in [5, 5.41) is 18.8. The number of nitrogens with zero attached hydrogens (tertiary/aromatic N) is 6. The first-order valence-electron chi connectivity index (χ1n) is 13.2. The van der Waals surface area contributed by atoms with E-state index in [-0.39, 0.29) is 27.2 Å². The topological polar surface area (TPSA) is 121 Å². The molecule has 0 atom stereocenters. The molecule has 3 aromatic carbocycles. The van der Waals surface area contributed by atoms with E-state index in [0.29, 0.717) is 17.8 Å². The summed E-state index contributed by atoms with van der Waals surface area (Å²) in [6, 6.07) is 21.1. The van der Waals surface area contributed by atoms with Crippen LogP contribution in [-0.2, 0) is 6.42 Å². The van der Waals surface area contributed by atoms with Gasteiger partial charge in [-0.15, -0.1) is 0 Å². The second kappa shape index (κ2) is 12.9. The van der Waals surface area contributed by atoms with E-state index in [4.69, 9.17) is 28.2 Å². The molecule has 12 heteroatoms. The number of rotatable bonds is 9. The molecule has 5 rings (SSSR count). The molecular formula is C29H28Cl2N8O2. The summed E-state index contributed by atoms with van der Waals surface area (Å²) in [7, 11) is 0. The number of nitro groups is 1. The highest BCUT2D eigenvalue weighted by Crippen LogP contribution is 2.32. The first kappa shape index (κ1) is 28.3. The zero-order chi connectivity index (χ0) is 28.8. The molecule has 41 heavy (non-hydrogen) atoms. The van der Waals surface area contributed by atoms with Crippen LogP contribution < -0.4 is 15.6 Å². The minimum Gasteiger partial charge on any atom is -0.341 e. The quantitative estimate of drug-likeness (QED) is 0.121. The number of nitro benzene ring substituents is 1. The van der Waals surface area contributed by atoms with E-state index in [9.17, 15) is 10.1 Å². The summed E-state index contributed by atoms with van der Waals surface area (Å²) in [4.78, 5) is 26.6. The Kier molecular flexibility index (Phi) is 8.91. The fourth-order valence-corrected chi connectivity index (χ4v) is 5.17. The number of aromatic nitrogens is 3. The average Bonchev–Trinajstić information content (AvgIpc) is 2.97. The Bertz CT molecular complexity index is 1540. The summed E-state index contributed by atoms with van der Waals surface area (Å²) >= 11 is 12.4. The number of anilines is 4. The molecule has 0 bridgehead atoms. The van der Waals surface area contributed by atoms with Gasteiger partial charge in [-0.05, 0) is 55.9 Å². The van der Waals surface area contributed by atoms with Crippen molar-refractivity contribution < 1.29 is 4.92 Å². The molecule has 0 aliphatic carbocycles. The number of hydrogen-bond acceptors (Lipinski definition) is 9. The third kappa shape index (κ3) is 7.27. The molecule has 0 spiro atoms. The molecular weight excluding hydrogens is 563 g/mol. The highest BCUT2D eigenvalue weighted by Gasteiger charge is 2.23. The summed E-state index contributed by atoms with van der Waals surface area (Å²) < 4.78 is 0. The van der Waals surface area contributed by atoms with Gasteiger partial charge in [0.15, 0.2) is 0 Å². The van der Waals surface area contributed by atoms with Gasteiger partial charge in [0, 0.05) is 30.4 Å². The fourth-order valence-electron chi connectivity index (χ4n) is 4.63. The number of aryl methyl sites for hydroxylation is 1. The molecule has 1 aliphatic rings. The largest absolute Gasteiger partial charge is 0.341 e. The number of benzene rings is 3. The summed E-state index contributed by atoms with van der Waals surface area (Å²) in [6.45, 7) is 3.65. The lowest BCUT2D eigenvalue weighted by Gasteiger charge is -2.32. The van der Waals surface area contributed by atoms with Crippen molar-refractivity contribution in [2.45, 2.75) is 26.2 Å². The van der Waals surface area contributed by atoms with Crippen LogP contribution in [-0.4, -0.2) is 39.2 Å². The molecule has 1 saturated heterocycles. The van der Waals surface area contributed by atoms with Crippen LogP contribution in [0.25, 0.3) is 0 Å². The van der Waals surface area contributed by atoms with Gasteiger partial charge in [0.05, 0.1) is 16.2 Å². The van der Waals surface area contributed by atoms with Crippen LogP contribution in [0.4, 0.5) is 29.2 Å². The lowest BCUT2D eigenvalue weighted by molar-refractivity contribution is -0.384. The van der Waals surface area contributed by atoms with Gasteiger partial charge in [0.1, 0.15) is 5.02 Å². The zero-order valence-corrected chi connectivity index (χ0v) is 23.8. The number of nitrogens with one attached hydrogen (secondary N) is 2. The standard InChI is InChI=1S/C29H28Cl2N8O2/c1-19-7-9-22(10-8-19)33-27-34-28(37-32-18-23-24(30)11-12-25(26(23)31)39(40)41)36-29(35-27)38-15-13-21(14-16-38)17-20-5-3-2-4-6-20/h2-12,18,21H,13-17H2,1H3,(H2,33,34,35,36,37)/b32-18+. The van der Waals surface area contributed by atoms with Gasteiger partial charge >= 0.3 is 0 Å². The molecule has 0 amide bonds. The second-order valence-corrected chi connectivity index (χ2v) is 10.6. The van der Waals surface area contributed by atoms with E-state index in [1.807, 2.05) is 37.3 Å². The van der Waals surface area contributed by atoms with Crippen molar-refractivity contribution in [3.05, 3.63) is 104 Å². The Morgan fingerprint density at radius 1 is 1.00 bits per heavy atom. The Morgan fingerprint density at radius 2 is 1.71 bits per heavy atom. The van der Waals surface area contributed by atoms with E-state index in [2.05, 4.69) is 55.0 Å². The second-order valence-electron chi connectivity index (χ2n) is 9.82. The van der Waals surface area contributed by atoms with Crippen LogP contribution in [0.15, 0.2) is 71.8 Å². The first-order valence-corrected chi connectivity index (χ1v) is 13.9. The van der Waals surface area contributed by atoms with Crippen LogP contribution in [0, 0.1) is 23.0 Å². The molecule has 210 valence electrons. The van der Waals surface area contributed by atoms with Crippen LogP contribution in [0.2, 0.25) is 10.0 Å². The van der Waals surface area contributed by atoms with E-state index in [1.54, 1.807) is 0 Å². The Morgan fingerprint density at radius 3 is 2.41 bits per heavy atom. The SMILES string of the molecule is Cc1ccc(Nc2nc(N/N=C/c3c(Cl)ccc([N+](=O)[O-])c3Cl)nc(N3CCC(Cc4ccccc4)CC3)n2)cc1. The molecule has 0 unspecified atom stereocenters. The summed E-state index contributed by atoms with van der Waals surface area (Å²) in [5.74, 6) is 1.67.